The molecule has 5 nitrogen and oxygen atoms in total. The monoisotopic (exact) mass is 215 g/mol. The summed E-state index contributed by atoms with van der Waals surface area (Å²) < 4.78 is 1.99. The van der Waals surface area contributed by atoms with Gasteiger partial charge in [0.1, 0.15) is 0 Å². The highest BCUT2D eigenvalue weighted by molar-refractivity contribution is 5.36. The Labute approximate surface area is 93.8 Å². The Morgan fingerprint density at radius 1 is 1.56 bits per heavy atom. The quantitative estimate of drug-likeness (QED) is 0.830. The summed E-state index contributed by atoms with van der Waals surface area (Å²) in [6, 6.07) is 2.33. The average molecular weight is 215 g/mol. The van der Waals surface area contributed by atoms with Crippen molar-refractivity contribution in [1.82, 2.24) is 19.7 Å². The second-order valence-electron chi connectivity index (χ2n) is 3.70. The van der Waals surface area contributed by atoms with Crippen molar-refractivity contribution in [3.63, 3.8) is 0 Å². The SMILES string of the molecule is CC(CC#N)NCc1cnc2cnccn12. The highest BCUT2D eigenvalue weighted by Crippen LogP contribution is 2.04. The molecule has 0 saturated heterocycles. The van der Waals surface area contributed by atoms with Crippen LogP contribution >= 0.6 is 0 Å². The minimum Gasteiger partial charge on any atom is -0.308 e. The van der Waals surface area contributed by atoms with Gasteiger partial charge in [-0.3, -0.25) is 9.38 Å². The van der Waals surface area contributed by atoms with E-state index in [0.717, 1.165) is 11.3 Å². The fraction of sp³-hybridized carbons (Fsp3) is 0.364. The lowest BCUT2D eigenvalue weighted by Gasteiger charge is -2.09. The second-order valence-corrected chi connectivity index (χ2v) is 3.70. The van der Waals surface area contributed by atoms with Crippen LogP contribution in [0.25, 0.3) is 5.65 Å². The molecule has 0 aliphatic rings. The summed E-state index contributed by atoms with van der Waals surface area (Å²) in [5, 5.41) is 11.8. The van der Waals surface area contributed by atoms with Gasteiger partial charge in [0.05, 0.1) is 30.6 Å². The number of imidazole rings is 1. The molecule has 2 heterocycles. The summed E-state index contributed by atoms with van der Waals surface area (Å²) in [5.74, 6) is 0. The van der Waals surface area contributed by atoms with Crippen LogP contribution in [0.2, 0.25) is 0 Å². The fourth-order valence-electron chi connectivity index (χ4n) is 1.51. The van der Waals surface area contributed by atoms with Crippen molar-refractivity contribution < 1.29 is 0 Å². The van der Waals surface area contributed by atoms with E-state index in [4.69, 9.17) is 5.26 Å². The fourth-order valence-corrected chi connectivity index (χ4v) is 1.51. The van der Waals surface area contributed by atoms with Gasteiger partial charge in [-0.05, 0) is 6.92 Å². The normalized spacial score (nSPS) is 12.5. The first kappa shape index (κ1) is 10.6. The number of nitriles is 1. The van der Waals surface area contributed by atoms with E-state index in [1.165, 1.54) is 0 Å². The van der Waals surface area contributed by atoms with E-state index in [1.54, 1.807) is 12.4 Å². The molecular weight excluding hydrogens is 202 g/mol. The van der Waals surface area contributed by atoms with E-state index in [1.807, 2.05) is 23.7 Å². The molecule has 1 N–H and O–H groups in total. The number of hydrogen-bond acceptors (Lipinski definition) is 4. The lowest BCUT2D eigenvalue weighted by atomic mass is 10.2. The maximum Gasteiger partial charge on any atom is 0.155 e. The van der Waals surface area contributed by atoms with Crippen molar-refractivity contribution in [1.29, 1.82) is 5.26 Å². The van der Waals surface area contributed by atoms with Crippen LogP contribution in [0.1, 0.15) is 19.0 Å². The predicted octanol–water partition coefficient (Wildman–Crippen LogP) is 1.12. The number of hydrogen-bond donors (Lipinski definition) is 1. The Balaban J connectivity index is 2.08. The van der Waals surface area contributed by atoms with E-state index in [-0.39, 0.29) is 6.04 Å². The summed E-state index contributed by atoms with van der Waals surface area (Å²) in [7, 11) is 0. The van der Waals surface area contributed by atoms with Gasteiger partial charge in [0.25, 0.3) is 0 Å². The van der Waals surface area contributed by atoms with Crippen molar-refractivity contribution in [3.8, 4) is 6.07 Å². The average Bonchev–Trinajstić information content (AvgIpc) is 2.70. The first-order chi connectivity index (χ1) is 7.81. The molecule has 2 aromatic heterocycles. The third kappa shape index (κ3) is 2.18. The Bertz CT molecular complexity index is 510. The highest BCUT2D eigenvalue weighted by Gasteiger charge is 2.04. The van der Waals surface area contributed by atoms with E-state index >= 15 is 0 Å². The standard InChI is InChI=1S/C11H13N5/c1-9(2-3-12)14-6-10-7-15-11-8-13-4-5-16(10)11/h4-5,7-9,14H,2,6H2,1H3. The molecule has 1 atom stereocenters. The Morgan fingerprint density at radius 2 is 2.44 bits per heavy atom. The van der Waals surface area contributed by atoms with E-state index in [2.05, 4.69) is 21.4 Å². The van der Waals surface area contributed by atoms with Crippen molar-refractivity contribution in [2.45, 2.75) is 25.9 Å². The number of nitrogens with zero attached hydrogens (tertiary/aromatic N) is 4. The third-order valence-electron chi connectivity index (χ3n) is 2.42. The zero-order chi connectivity index (χ0) is 11.4. The minimum atomic E-state index is 0.192. The van der Waals surface area contributed by atoms with Crippen LogP contribution in [-0.2, 0) is 6.54 Å². The smallest absolute Gasteiger partial charge is 0.155 e. The van der Waals surface area contributed by atoms with Crippen LogP contribution < -0.4 is 5.32 Å². The van der Waals surface area contributed by atoms with Crippen molar-refractivity contribution in [2.75, 3.05) is 0 Å². The van der Waals surface area contributed by atoms with Gasteiger partial charge in [-0.15, -0.1) is 0 Å². The first-order valence-electron chi connectivity index (χ1n) is 5.17. The molecule has 0 fully saturated rings. The van der Waals surface area contributed by atoms with Crippen LogP contribution in [0.4, 0.5) is 0 Å². The largest absolute Gasteiger partial charge is 0.308 e. The van der Waals surface area contributed by atoms with Gasteiger partial charge < -0.3 is 5.32 Å². The van der Waals surface area contributed by atoms with Crippen LogP contribution in [0.5, 0.6) is 0 Å². The third-order valence-corrected chi connectivity index (χ3v) is 2.42. The molecule has 0 amide bonds. The van der Waals surface area contributed by atoms with Gasteiger partial charge in [-0.25, -0.2) is 4.98 Å². The predicted molar refractivity (Wildman–Crippen MR) is 59.5 cm³/mol. The van der Waals surface area contributed by atoms with Crippen LogP contribution in [0.3, 0.4) is 0 Å². The van der Waals surface area contributed by atoms with Gasteiger partial charge in [0.15, 0.2) is 5.65 Å². The van der Waals surface area contributed by atoms with Gasteiger partial charge >= 0.3 is 0 Å². The Morgan fingerprint density at radius 3 is 3.25 bits per heavy atom. The van der Waals surface area contributed by atoms with Gasteiger partial charge in [0.2, 0.25) is 0 Å². The molecule has 1 unspecified atom stereocenters. The topological polar surface area (TPSA) is 66.0 Å². The van der Waals surface area contributed by atoms with E-state index in [0.29, 0.717) is 13.0 Å². The van der Waals surface area contributed by atoms with Crippen LogP contribution in [0, 0.1) is 11.3 Å². The summed E-state index contributed by atoms with van der Waals surface area (Å²) in [6.45, 7) is 2.70. The molecule has 0 saturated carbocycles. The molecule has 2 rings (SSSR count). The number of aromatic nitrogens is 3. The van der Waals surface area contributed by atoms with Crippen molar-refractivity contribution in [3.05, 3.63) is 30.5 Å². The molecule has 0 aliphatic heterocycles. The van der Waals surface area contributed by atoms with Crippen molar-refractivity contribution in [2.24, 2.45) is 0 Å². The first-order valence-corrected chi connectivity index (χ1v) is 5.17. The summed E-state index contributed by atoms with van der Waals surface area (Å²) in [6.07, 6.45) is 7.68. The molecule has 16 heavy (non-hydrogen) atoms. The molecule has 0 spiro atoms. The second kappa shape index (κ2) is 4.73. The zero-order valence-corrected chi connectivity index (χ0v) is 9.09. The van der Waals surface area contributed by atoms with Crippen LogP contribution in [-0.4, -0.2) is 20.4 Å². The Hall–Kier alpha value is -1.93. The van der Waals surface area contributed by atoms with Gasteiger partial charge in [-0.1, -0.05) is 0 Å². The zero-order valence-electron chi connectivity index (χ0n) is 9.09. The highest BCUT2D eigenvalue weighted by atomic mass is 15.0. The van der Waals surface area contributed by atoms with Crippen LogP contribution in [0.15, 0.2) is 24.8 Å². The van der Waals surface area contributed by atoms with E-state index < -0.39 is 0 Å². The maximum absolute atomic E-state index is 8.55. The number of fused-ring (bicyclic) bond motifs is 1. The summed E-state index contributed by atoms with van der Waals surface area (Å²) in [5.41, 5.74) is 1.91. The Kier molecular flexibility index (Phi) is 3.13. The molecule has 0 radical (unpaired) electrons. The maximum atomic E-state index is 8.55. The molecule has 82 valence electrons. The number of rotatable bonds is 4. The molecule has 0 bridgehead atoms. The van der Waals surface area contributed by atoms with Gasteiger partial charge in [0, 0.05) is 25.0 Å². The lowest BCUT2D eigenvalue weighted by molar-refractivity contribution is 0.550. The molecule has 2 aromatic rings. The summed E-state index contributed by atoms with van der Waals surface area (Å²) >= 11 is 0. The molecule has 0 aliphatic carbocycles. The summed E-state index contributed by atoms with van der Waals surface area (Å²) in [4.78, 5) is 8.24. The molecular formula is C11H13N5. The number of nitrogens with one attached hydrogen (secondary N) is 1. The van der Waals surface area contributed by atoms with Crippen molar-refractivity contribution >= 4 is 5.65 Å². The van der Waals surface area contributed by atoms with E-state index in [9.17, 15) is 0 Å². The lowest BCUT2D eigenvalue weighted by Crippen LogP contribution is -2.25. The molecule has 5 heteroatoms. The van der Waals surface area contributed by atoms with Gasteiger partial charge in [-0.2, -0.15) is 5.26 Å². The molecule has 0 aromatic carbocycles. The minimum absolute atomic E-state index is 0.192.